The van der Waals surface area contributed by atoms with Gasteiger partial charge in [-0.05, 0) is 25.1 Å². The number of aromatic nitrogens is 2. The molecule has 100 valence electrons. The summed E-state index contributed by atoms with van der Waals surface area (Å²) in [4.78, 5) is 12.0. The van der Waals surface area contributed by atoms with Crippen LogP contribution in [-0.4, -0.2) is 29.0 Å². The second-order valence-corrected chi connectivity index (χ2v) is 4.14. The zero-order valence-corrected chi connectivity index (χ0v) is 10.9. The van der Waals surface area contributed by atoms with Gasteiger partial charge >= 0.3 is 5.97 Å². The lowest BCUT2D eigenvalue weighted by atomic mass is 10.2. The summed E-state index contributed by atoms with van der Waals surface area (Å²) in [5.41, 5.74) is 0.428. The molecule has 0 radical (unpaired) electrons. The fourth-order valence-electron chi connectivity index (χ4n) is 1.77. The van der Waals surface area contributed by atoms with Gasteiger partial charge in [0.05, 0.1) is 13.7 Å². The summed E-state index contributed by atoms with van der Waals surface area (Å²) in [5.74, 6) is 0.121. The molecule has 0 saturated carbocycles. The Morgan fingerprint density at radius 1 is 1.37 bits per heavy atom. The predicted molar refractivity (Wildman–Crippen MR) is 70.1 cm³/mol. The second-order valence-electron chi connectivity index (χ2n) is 4.14. The molecule has 5 nitrogen and oxygen atoms in total. The van der Waals surface area contributed by atoms with Crippen LogP contribution in [-0.2, 0) is 11.3 Å². The summed E-state index contributed by atoms with van der Waals surface area (Å²) < 4.78 is 12.2. The normalized spacial score (nSPS) is 11.9. The highest BCUT2D eigenvalue weighted by molar-refractivity contribution is 5.92. The Labute approximate surface area is 111 Å². The molecular formula is C14H16N2O3. The Morgan fingerprint density at radius 3 is 2.84 bits per heavy atom. The minimum Gasteiger partial charge on any atom is -0.496 e. The topological polar surface area (TPSA) is 53.4 Å². The highest BCUT2D eigenvalue weighted by Gasteiger charge is 2.16. The number of hydrogen-bond acceptors (Lipinski definition) is 4. The zero-order chi connectivity index (χ0) is 13.7. The van der Waals surface area contributed by atoms with Crippen molar-refractivity contribution in [2.24, 2.45) is 0 Å². The van der Waals surface area contributed by atoms with Gasteiger partial charge in [0.15, 0.2) is 0 Å². The average molecular weight is 260 g/mol. The van der Waals surface area contributed by atoms with Gasteiger partial charge in [-0.25, -0.2) is 4.79 Å². The third-order valence-electron chi connectivity index (χ3n) is 2.64. The first kappa shape index (κ1) is 13.1. The number of ether oxygens (including phenoxy) is 2. The average Bonchev–Trinajstić information content (AvgIpc) is 2.91. The lowest BCUT2D eigenvalue weighted by molar-refractivity contribution is 0.0295. The Bertz CT molecular complexity index is 537. The van der Waals surface area contributed by atoms with Gasteiger partial charge < -0.3 is 9.47 Å². The summed E-state index contributed by atoms with van der Waals surface area (Å²) >= 11 is 0. The summed E-state index contributed by atoms with van der Waals surface area (Å²) in [5, 5.41) is 4.07. The first-order chi connectivity index (χ1) is 9.20. The molecule has 0 aliphatic heterocycles. The summed E-state index contributed by atoms with van der Waals surface area (Å²) in [6.07, 6.45) is 3.25. The first-order valence-electron chi connectivity index (χ1n) is 6.02. The van der Waals surface area contributed by atoms with E-state index in [9.17, 15) is 4.79 Å². The molecule has 0 aliphatic rings. The molecule has 1 aromatic carbocycles. The Balaban J connectivity index is 2.00. The molecule has 0 N–H and O–H groups in total. The maximum Gasteiger partial charge on any atom is 0.342 e. The molecule has 1 aromatic heterocycles. The lowest BCUT2D eigenvalue weighted by Gasteiger charge is -2.14. The molecule has 0 saturated heterocycles. The van der Waals surface area contributed by atoms with Gasteiger partial charge in [-0.1, -0.05) is 12.1 Å². The molecule has 0 bridgehead atoms. The van der Waals surface area contributed by atoms with Crippen LogP contribution in [0.1, 0.15) is 17.3 Å². The van der Waals surface area contributed by atoms with E-state index < -0.39 is 5.97 Å². The number of benzene rings is 1. The van der Waals surface area contributed by atoms with E-state index in [0.29, 0.717) is 17.9 Å². The zero-order valence-electron chi connectivity index (χ0n) is 10.9. The maximum atomic E-state index is 12.0. The maximum absolute atomic E-state index is 12.0. The van der Waals surface area contributed by atoms with Crippen molar-refractivity contribution in [2.75, 3.05) is 7.11 Å². The molecule has 0 fully saturated rings. The highest BCUT2D eigenvalue weighted by atomic mass is 16.5. The van der Waals surface area contributed by atoms with Gasteiger partial charge in [-0.3, -0.25) is 4.68 Å². The quantitative estimate of drug-likeness (QED) is 0.773. The molecule has 0 aliphatic carbocycles. The standard InChI is InChI=1S/C14H16N2O3/c1-11(10-16-9-5-8-15-16)19-14(17)12-6-3-4-7-13(12)18-2/h3-9,11H,10H2,1-2H3/t11-/m1/s1. The van der Waals surface area contributed by atoms with Gasteiger partial charge in [-0.15, -0.1) is 0 Å². The second kappa shape index (κ2) is 6.04. The van der Waals surface area contributed by atoms with E-state index in [1.165, 1.54) is 7.11 Å². The van der Waals surface area contributed by atoms with Crippen LogP contribution in [0.4, 0.5) is 0 Å². The third kappa shape index (κ3) is 3.34. The summed E-state index contributed by atoms with van der Waals surface area (Å²) in [6.45, 7) is 2.35. The van der Waals surface area contributed by atoms with Crippen LogP contribution in [0.2, 0.25) is 0 Å². The molecular weight excluding hydrogens is 244 g/mol. The third-order valence-corrected chi connectivity index (χ3v) is 2.64. The van der Waals surface area contributed by atoms with Crippen molar-refractivity contribution < 1.29 is 14.3 Å². The largest absolute Gasteiger partial charge is 0.496 e. The van der Waals surface area contributed by atoms with E-state index in [-0.39, 0.29) is 6.10 Å². The van der Waals surface area contributed by atoms with Gasteiger partial charge in [0.1, 0.15) is 17.4 Å². The Hall–Kier alpha value is -2.30. The van der Waals surface area contributed by atoms with Crippen molar-refractivity contribution in [1.29, 1.82) is 0 Å². The molecule has 19 heavy (non-hydrogen) atoms. The predicted octanol–water partition coefficient (Wildman–Crippen LogP) is 2.14. The minimum absolute atomic E-state index is 0.266. The molecule has 0 unspecified atom stereocenters. The molecule has 0 amide bonds. The van der Waals surface area contributed by atoms with E-state index in [0.717, 1.165) is 0 Å². The van der Waals surface area contributed by atoms with Crippen LogP contribution in [0.15, 0.2) is 42.7 Å². The van der Waals surface area contributed by atoms with E-state index in [1.807, 2.05) is 25.3 Å². The van der Waals surface area contributed by atoms with Gasteiger partial charge in [0.25, 0.3) is 0 Å². The fraction of sp³-hybridized carbons (Fsp3) is 0.286. The molecule has 1 atom stereocenters. The molecule has 2 aromatic rings. The van der Waals surface area contributed by atoms with E-state index in [1.54, 1.807) is 29.1 Å². The van der Waals surface area contributed by atoms with Crippen molar-refractivity contribution in [1.82, 2.24) is 9.78 Å². The van der Waals surface area contributed by atoms with Crippen LogP contribution in [0.3, 0.4) is 0 Å². The van der Waals surface area contributed by atoms with Gasteiger partial charge in [0, 0.05) is 12.4 Å². The van der Waals surface area contributed by atoms with Crippen LogP contribution in [0.25, 0.3) is 0 Å². The smallest absolute Gasteiger partial charge is 0.342 e. The number of nitrogens with zero attached hydrogens (tertiary/aromatic N) is 2. The Kier molecular flexibility index (Phi) is 4.18. The van der Waals surface area contributed by atoms with Crippen LogP contribution in [0, 0.1) is 0 Å². The van der Waals surface area contributed by atoms with E-state index in [4.69, 9.17) is 9.47 Å². The van der Waals surface area contributed by atoms with Crippen LogP contribution in [0.5, 0.6) is 5.75 Å². The molecule has 0 spiro atoms. The first-order valence-corrected chi connectivity index (χ1v) is 6.02. The van der Waals surface area contributed by atoms with Gasteiger partial charge in [-0.2, -0.15) is 5.10 Å². The lowest BCUT2D eigenvalue weighted by Crippen LogP contribution is -2.21. The summed E-state index contributed by atoms with van der Waals surface area (Å²) in [6, 6.07) is 8.82. The monoisotopic (exact) mass is 260 g/mol. The highest BCUT2D eigenvalue weighted by Crippen LogP contribution is 2.18. The van der Waals surface area contributed by atoms with Crippen molar-refractivity contribution in [2.45, 2.75) is 19.6 Å². The molecule has 1 heterocycles. The number of carbonyl (C=O) groups is 1. The number of para-hydroxylation sites is 1. The van der Waals surface area contributed by atoms with Crippen LogP contribution < -0.4 is 4.74 Å². The van der Waals surface area contributed by atoms with Gasteiger partial charge in [0.2, 0.25) is 0 Å². The molecule has 2 rings (SSSR count). The summed E-state index contributed by atoms with van der Waals surface area (Å²) in [7, 11) is 1.53. The number of esters is 1. The van der Waals surface area contributed by atoms with Crippen molar-refractivity contribution in [3.8, 4) is 5.75 Å². The van der Waals surface area contributed by atoms with E-state index >= 15 is 0 Å². The molecule has 5 heteroatoms. The number of hydrogen-bond donors (Lipinski definition) is 0. The van der Waals surface area contributed by atoms with Crippen molar-refractivity contribution >= 4 is 5.97 Å². The van der Waals surface area contributed by atoms with Crippen LogP contribution >= 0.6 is 0 Å². The Morgan fingerprint density at radius 2 is 2.16 bits per heavy atom. The fourth-order valence-corrected chi connectivity index (χ4v) is 1.77. The van der Waals surface area contributed by atoms with Crippen molar-refractivity contribution in [3.63, 3.8) is 0 Å². The number of rotatable bonds is 5. The van der Waals surface area contributed by atoms with Crippen molar-refractivity contribution in [3.05, 3.63) is 48.3 Å². The van der Waals surface area contributed by atoms with E-state index in [2.05, 4.69) is 5.10 Å². The number of carbonyl (C=O) groups excluding carboxylic acids is 1. The SMILES string of the molecule is COc1ccccc1C(=O)O[C@H](C)Cn1cccn1. The number of methoxy groups -OCH3 is 1. The minimum atomic E-state index is -0.392.